The summed E-state index contributed by atoms with van der Waals surface area (Å²) in [6, 6.07) is 4.05. The van der Waals surface area contributed by atoms with Gasteiger partial charge in [-0.3, -0.25) is 4.98 Å². The van der Waals surface area contributed by atoms with Crippen molar-refractivity contribution in [1.82, 2.24) is 13.6 Å². The molecule has 21 heavy (non-hydrogen) atoms. The van der Waals surface area contributed by atoms with E-state index in [1.54, 1.807) is 21.0 Å². The lowest BCUT2D eigenvalue weighted by atomic mass is 9.91. The minimum absolute atomic E-state index is 0.434. The maximum atomic E-state index is 12.6. The van der Waals surface area contributed by atoms with Crippen molar-refractivity contribution in [2.45, 2.75) is 18.8 Å². The zero-order chi connectivity index (χ0) is 14.7. The van der Waals surface area contributed by atoms with E-state index >= 15 is 0 Å². The fourth-order valence-electron chi connectivity index (χ4n) is 3.00. The maximum absolute atomic E-state index is 12.6. The molecule has 1 aromatic rings. The van der Waals surface area contributed by atoms with Crippen molar-refractivity contribution in [2.24, 2.45) is 0 Å². The topological polar surface area (TPSA) is 62.7 Å². The summed E-state index contributed by atoms with van der Waals surface area (Å²) < 4.78 is 33.5. The lowest BCUT2D eigenvalue weighted by Gasteiger charge is -2.36. The Morgan fingerprint density at radius 2 is 1.57 bits per heavy atom. The van der Waals surface area contributed by atoms with E-state index in [0.29, 0.717) is 45.3 Å². The fraction of sp³-hybridized carbons (Fsp3) is 0.643. The molecule has 7 heteroatoms. The second-order valence-electron chi connectivity index (χ2n) is 5.47. The summed E-state index contributed by atoms with van der Waals surface area (Å²) in [5, 5.41) is 0. The van der Waals surface area contributed by atoms with Crippen molar-refractivity contribution >= 4 is 10.2 Å². The Hall–Kier alpha value is -1.02. The molecule has 3 heterocycles. The van der Waals surface area contributed by atoms with E-state index in [9.17, 15) is 8.42 Å². The number of ether oxygens (including phenoxy) is 1. The molecule has 2 aliphatic rings. The van der Waals surface area contributed by atoms with Gasteiger partial charge in [-0.05, 0) is 36.5 Å². The lowest BCUT2D eigenvalue weighted by molar-refractivity contribution is 0.0696. The van der Waals surface area contributed by atoms with Gasteiger partial charge in [0.1, 0.15) is 0 Å². The molecule has 0 aliphatic carbocycles. The standard InChI is InChI=1S/C14H21N3O3S/c18-21(19,17-9-11-20-12-10-17)16-7-3-14(4-8-16)13-1-5-15-6-2-13/h1-2,5-6,14H,3-4,7-12H2. The maximum Gasteiger partial charge on any atom is 0.282 e. The Balaban J connectivity index is 1.62. The highest BCUT2D eigenvalue weighted by molar-refractivity contribution is 7.86. The molecule has 2 fully saturated rings. The largest absolute Gasteiger partial charge is 0.379 e. The van der Waals surface area contributed by atoms with Gasteiger partial charge in [-0.1, -0.05) is 0 Å². The molecular weight excluding hydrogens is 290 g/mol. The first-order valence-corrected chi connectivity index (χ1v) is 8.80. The molecule has 6 nitrogen and oxygen atoms in total. The van der Waals surface area contributed by atoms with Crippen LogP contribution in [0.25, 0.3) is 0 Å². The lowest BCUT2D eigenvalue weighted by Crippen LogP contribution is -2.50. The van der Waals surface area contributed by atoms with Crippen LogP contribution in [0.1, 0.15) is 24.3 Å². The summed E-state index contributed by atoms with van der Waals surface area (Å²) in [4.78, 5) is 4.03. The second kappa shape index (κ2) is 6.39. The monoisotopic (exact) mass is 311 g/mol. The molecule has 0 spiro atoms. The Labute approximate surface area is 125 Å². The minimum atomic E-state index is -3.32. The normalized spacial score (nSPS) is 23.2. The molecule has 2 saturated heterocycles. The van der Waals surface area contributed by atoms with Crippen LogP contribution in [0.15, 0.2) is 24.5 Å². The van der Waals surface area contributed by atoms with Crippen molar-refractivity contribution in [3.63, 3.8) is 0 Å². The van der Waals surface area contributed by atoms with Crippen molar-refractivity contribution in [3.8, 4) is 0 Å². The Morgan fingerprint density at radius 1 is 1.00 bits per heavy atom. The van der Waals surface area contributed by atoms with E-state index in [-0.39, 0.29) is 0 Å². The molecule has 0 N–H and O–H groups in total. The molecule has 0 radical (unpaired) electrons. The number of hydrogen-bond acceptors (Lipinski definition) is 4. The van der Waals surface area contributed by atoms with Crippen LogP contribution in [0.2, 0.25) is 0 Å². The minimum Gasteiger partial charge on any atom is -0.379 e. The van der Waals surface area contributed by atoms with Gasteiger partial charge < -0.3 is 4.74 Å². The summed E-state index contributed by atoms with van der Waals surface area (Å²) >= 11 is 0. The Bertz CT molecular complexity index is 550. The van der Waals surface area contributed by atoms with E-state index in [2.05, 4.69) is 4.98 Å². The van der Waals surface area contributed by atoms with Crippen LogP contribution >= 0.6 is 0 Å². The number of hydrogen-bond donors (Lipinski definition) is 0. The zero-order valence-corrected chi connectivity index (χ0v) is 12.8. The third kappa shape index (κ3) is 3.26. The first kappa shape index (κ1) is 14.9. The van der Waals surface area contributed by atoms with Crippen LogP contribution in [-0.2, 0) is 14.9 Å². The molecule has 0 atom stereocenters. The van der Waals surface area contributed by atoms with Gasteiger partial charge in [0.25, 0.3) is 10.2 Å². The first-order chi connectivity index (χ1) is 10.2. The molecule has 0 aromatic carbocycles. The molecule has 1 aromatic heterocycles. The zero-order valence-electron chi connectivity index (χ0n) is 12.0. The van der Waals surface area contributed by atoms with Gasteiger partial charge in [-0.2, -0.15) is 17.0 Å². The molecule has 3 rings (SSSR count). The smallest absolute Gasteiger partial charge is 0.282 e. The number of aromatic nitrogens is 1. The van der Waals surface area contributed by atoms with Gasteiger partial charge in [0.15, 0.2) is 0 Å². The van der Waals surface area contributed by atoms with Gasteiger partial charge >= 0.3 is 0 Å². The quantitative estimate of drug-likeness (QED) is 0.830. The predicted octanol–water partition coefficient (Wildman–Crippen LogP) is 0.838. The van der Waals surface area contributed by atoms with E-state index in [4.69, 9.17) is 4.74 Å². The van der Waals surface area contributed by atoms with Crippen molar-refractivity contribution in [1.29, 1.82) is 0 Å². The SMILES string of the molecule is O=S(=O)(N1CCOCC1)N1CCC(c2ccncc2)CC1. The number of morpholine rings is 1. The van der Waals surface area contributed by atoms with E-state index in [1.165, 1.54) is 5.56 Å². The van der Waals surface area contributed by atoms with Crippen molar-refractivity contribution in [3.05, 3.63) is 30.1 Å². The van der Waals surface area contributed by atoms with Crippen molar-refractivity contribution in [2.75, 3.05) is 39.4 Å². The fourth-order valence-corrected chi connectivity index (χ4v) is 4.61. The van der Waals surface area contributed by atoms with Crippen LogP contribution in [0.3, 0.4) is 0 Å². The molecule has 2 aliphatic heterocycles. The molecule has 0 unspecified atom stereocenters. The number of piperidine rings is 1. The number of nitrogens with zero attached hydrogens (tertiary/aromatic N) is 3. The number of rotatable bonds is 3. The summed E-state index contributed by atoms with van der Waals surface area (Å²) in [7, 11) is -3.32. The summed E-state index contributed by atoms with van der Waals surface area (Å²) in [5.74, 6) is 0.434. The van der Waals surface area contributed by atoms with Gasteiger partial charge in [0, 0.05) is 38.6 Å². The van der Waals surface area contributed by atoms with Crippen LogP contribution in [0, 0.1) is 0 Å². The van der Waals surface area contributed by atoms with E-state index in [0.717, 1.165) is 12.8 Å². The molecule has 0 saturated carbocycles. The van der Waals surface area contributed by atoms with E-state index in [1.807, 2.05) is 12.1 Å². The van der Waals surface area contributed by atoms with Gasteiger partial charge in [-0.15, -0.1) is 0 Å². The molecular formula is C14H21N3O3S. The van der Waals surface area contributed by atoms with Crippen LogP contribution in [0.5, 0.6) is 0 Å². The molecule has 0 amide bonds. The molecule has 116 valence electrons. The van der Waals surface area contributed by atoms with Gasteiger partial charge in [0.2, 0.25) is 0 Å². The highest BCUT2D eigenvalue weighted by atomic mass is 32.2. The van der Waals surface area contributed by atoms with Gasteiger partial charge in [-0.25, -0.2) is 0 Å². The average Bonchev–Trinajstić information content (AvgIpc) is 2.57. The predicted molar refractivity (Wildman–Crippen MR) is 79.1 cm³/mol. The van der Waals surface area contributed by atoms with Crippen LogP contribution in [-0.4, -0.2) is 61.4 Å². The Kier molecular flexibility index (Phi) is 4.54. The third-order valence-corrected chi connectivity index (χ3v) is 6.29. The van der Waals surface area contributed by atoms with Crippen LogP contribution < -0.4 is 0 Å². The van der Waals surface area contributed by atoms with Crippen LogP contribution in [0.4, 0.5) is 0 Å². The molecule has 0 bridgehead atoms. The highest BCUT2D eigenvalue weighted by Crippen LogP contribution is 2.29. The Morgan fingerprint density at radius 3 is 2.19 bits per heavy atom. The van der Waals surface area contributed by atoms with E-state index < -0.39 is 10.2 Å². The summed E-state index contributed by atoms with van der Waals surface area (Å²) in [6.07, 6.45) is 5.33. The highest BCUT2D eigenvalue weighted by Gasteiger charge is 2.33. The van der Waals surface area contributed by atoms with Gasteiger partial charge in [0.05, 0.1) is 13.2 Å². The summed E-state index contributed by atoms with van der Waals surface area (Å²) in [5.41, 5.74) is 1.26. The van der Waals surface area contributed by atoms with Crippen molar-refractivity contribution < 1.29 is 13.2 Å². The average molecular weight is 311 g/mol. The second-order valence-corrected chi connectivity index (χ2v) is 7.40. The third-order valence-electron chi connectivity index (χ3n) is 4.25. The number of pyridine rings is 1. The first-order valence-electron chi connectivity index (χ1n) is 7.41. The summed E-state index contributed by atoms with van der Waals surface area (Å²) in [6.45, 7) is 3.10.